The molecule has 1 heterocycles. The van der Waals surface area contributed by atoms with Crippen molar-refractivity contribution >= 4 is 0 Å². The molecule has 5 heteroatoms. The normalized spacial score (nSPS) is 16.2. The first-order chi connectivity index (χ1) is 3.80. The average molecular weight is 115 g/mol. The molecule has 0 bridgehead atoms. The standard InChI is InChI=1S/C3H3N2O3/c6-5(7)4-1-2-8-3-4/h2H,3H2. The van der Waals surface area contributed by atoms with Crippen molar-refractivity contribution in [2.75, 3.05) is 6.73 Å². The zero-order chi connectivity index (χ0) is 5.98. The fourth-order valence-corrected chi connectivity index (χ4v) is 0.338. The molecule has 1 aliphatic rings. The molecule has 0 spiro atoms. The van der Waals surface area contributed by atoms with Crippen LogP contribution < -0.4 is 0 Å². The van der Waals surface area contributed by atoms with E-state index in [-0.39, 0.29) is 6.73 Å². The maximum absolute atomic E-state index is 9.77. The average Bonchev–Trinajstić information content (AvgIpc) is 2.12. The number of hydrogen-bond acceptors (Lipinski definition) is 3. The maximum Gasteiger partial charge on any atom is 0.222 e. The topological polar surface area (TPSA) is 55.6 Å². The summed E-state index contributed by atoms with van der Waals surface area (Å²) in [6.07, 6.45) is 3.40. The lowest BCUT2D eigenvalue weighted by Crippen LogP contribution is -2.22. The van der Waals surface area contributed by atoms with Crippen molar-refractivity contribution < 1.29 is 9.77 Å². The highest BCUT2D eigenvalue weighted by Gasteiger charge is 2.14. The first kappa shape index (κ1) is 4.89. The lowest BCUT2D eigenvalue weighted by Gasteiger charge is -1.97. The molecule has 1 aliphatic heterocycles. The van der Waals surface area contributed by atoms with Crippen LogP contribution in [0.2, 0.25) is 0 Å². The van der Waals surface area contributed by atoms with Gasteiger partial charge in [0, 0.05) is 0 Å². The largest absolute Gasteiger partial charge is 0.472 e. The predicted molar refractivity (Wildman–Crippen MR) is 22.6 cm³/mol. The first-order valence-electron chi connectivity index (χ1n) is 1.92. The molecule has 0 aliphatic carbocycles. The van der Waals surface area contributed by atoms with Crippen LogP contribution in [0, 0.1) is 16.3 Å². The van der Waals surface area contributed by atoms with E-state index in [2.05, 4.69) is 10.9 Å². The minimum Gasteiger partial charge on any atom is -0.472 e. The molecule has 1 radical (unpaired) electrons. The number of nitrogens with zero attached hydrogens (tertiary/aromatic N) is 2. The molecule has 0 amide bonds. The first-order valence-corrected chi connectivity index (χ1v) is 1.92. The maximum atomic E-state index is 9.77. The Morgan fingerprint density at radius 1 is 2.00 bits per heavy atom. The molecular weight excluding hydrogens is 112 g/mol. The van der Waals surface area contributed by atoms with Gasteiger partial charge in [0.05, 0.1) is 0 Å². The van der Waals surface area contributed by atoms with E-state index in [4.69, 9.17) is 0 Å². The minimum atomic E-state index is -0.594. The van der Waals surface area contributed by atoms with Crippen molar-refractivity contribution in [2.45, 2.75) is 0 Å². The second kappa shape index (κ2) is 1.69. The predicted octanol–water partition coefficient (Wildman–Crippen LogP) is -0.258. The molecule has 0 aromatic rings. The van der Waals surface area contributed by atoms with Gasteiger partial charge in [0.25, 0.3) is 0 Å². The quantitative estimate of drug-likeness (QED) is 0.349. The van der Waals surface area contributed by atoms with E-state index in [1.807, 2.05) is 0 Å². The van der Waals surface area contributed by atoms with Crippen molar-refractivity contribution in [1.29, 1.82) is 0 Å². The number of ether oxygens (including phenoxy) is 1. The number of hydrazine groups is 1. The molecule has 0 saturated heterocycles. The van der Waals surface area contributed by atoms with Crippen LogP contribution in [0.25, 0.3) is 0 Å². The second-order valence-electron chi connectivity index (χ2n) is 1.18. The van der Waals surface area contributed by atoms with Gasteiger partial charge >= 0.3 is 0 Å². The summed E-state index contributed by atoms with van der Waals surface area (Å²) in [6, 6.07) is 0. The van der Waals surface area contributed by atoms with Gasteiger partial charge in [0.2, 0.25) is 6.73 Å². The zero-order valence-electron chi connectivity index (χ0n) is 3.90. The summed E-state index contributed by atoms with van der Waals surface area (Å²) in [5, 5.41) is 9.90. The van der Waals surface area contributed by atoms with Crippen molar-refractivity contribution in [3.05, 3.63) is 22.6 Å². The van der Waals surface area contributed by atoms with Crippen LogP contribution in [-0.4, -0.2) is 16.8 Å². The van der Waals surface area contributed by atoms with Gasteiger partial charge in [0.15, 0.2) is 11.2 Å². The van der Waals surface area contributed by atoms with Crippen molar-refractivity contribution in [3.8, 4) is 0 Å². The van der Waals surface area contributed by atoms with Crippen LogP contribution in [-0.2, 0) is 4.74 Å². The lowest BCUT2D eigenvalue weighted by atomic mass is 11.0. The highest BCUT2D eigenvalue weighted by molar-refractivity contribution is 4.63. The Morgan fingerprint density at radius 2 is 2.75 bits per heavy atom. The Hall–Kier alpha value is -1.26. The summed E-state index contributed by atoms with van der Waals surface area (Å²) in [5.41, 5.74) is 0. The van der Waals surface area contributed by atoms with Gasteiger partial charge in [-0.25, -0.2) is 10.1 Å². The van der Waals surface area contributed by atoms with Gasteiger partial charge < -0.3 is 4.74 Å². The second-order valence-corrected chi connectivity index (χ2v) is 1.18. The van der Waals surface area contributed by atoms with Crippen LogP contribution in [0.1, 0.15) is 0 Å². The molecule has 0 unspecified atom stereocenters. The SMILES string of the molecule is O=[N+]([O-])N1[C]=COC1. The van der Waals surface area contributed by atoms with Crippen LogP contribution in [0.4, 0.5) is 0 Å². The molecular formula is C3H3N2O3. The van der Waals surface area contributed by atoms with E-state index in [9.17, 15) is 10.1 Å². The van der Waals surface area contributed by atoms with Crippen molar-refractivity contribution in [3.63, 3.8) is 0 Å². The molecule has 8 heavy (non-hydrogen) atoms. The lowest BCUT2D eigenvalue weighted by molar-refractivity contribution is -0.646. The van der Waals surface area contributed by atoms with Gasteiger partial charge in [0.1, 0.15) is 6.26 Å². The van der Waals surface area contributed by atoms with Gasteiger partial charge in [-0.05, 0) is 0 Å². The summed E-state index contributed by atoms with van der Waals surface area (Å²) in [4.78, 5) is 9.77. The Labute approximate surface area is 45.3 Å². The fraction of sp³-hybridized carbons (Fsp3) is 0.333. The summed E-state index contributed by atoms with van der Waals surface area (Å²) < 4.78 is 4.47. The molecule has 0 N–H and O–H groups in total. The van der Waals surface area contributed by atoms with E-state index in [0.717, 1.165) is 11.3 Å². The van der Waals surface area contributed by atoms with E-state index in [1.165, 1.54) is 0 Å². The number of nitro groups is 1. The third-order valence-corrected chi connectivity index (χ3v) is 0.679. The number of hydrogen-bond donors (Lipinski definition) is 0. The third-order valence-electron chi connectivity index (χ3n) is 0.679. The monoisotopic (exact) mass is 115 g/mol. The third kappa shape index (κ3) is 0.699. The highest BCUT2D eigenvalue weighted by Crippen LogP contribution is 1.97. The molecule has 0 aromatic carbocycles. The molecule has 0 saturated carbocycles. The summed E-state index contributed by atoms with van der Waals surface area (Å²) >= 11 is 0. The molecule has 0 aromatic heterocycles. The van der Waals surface area contributed by atoms with Crippen LogP contribution in [0.3, 0.4) is 0 Å². The smallest absolute Gasteiger partial charge is 0.222 e. The van der Waals surface area contributed by atoms with Gasteiger partial charge in [-0.15, -0.1) is 0 Å². The molecule has 0 atom stereocenters. The zero-order valence-corrected chi connectivity index (χ0v) is 3.90. The fourth-order valence-electron chi connectivity index (χ4n) is 0.338. The van der Waals surface area contributed by atoms with Crippen LogP contribution in [0.5, 0.6) is 0 Å². The molecule has 43 valence electrons. The van der Waals surface area contributed by atoms with E-state index < -0.39 is 5.03 Å². The Bertz CT molecular complexity index is 132. The Morgan fingerprint density at radius 3 is 3.00 bits per heavy atom. The van der Waals surface area contributed by atoms with E-state index in [0.29, 0.717) is 0 Å². The Kier molecular flexibility index (Phi) is 1.03. The molecule has 1 rings (SSSR count). The molecule has 5 nitrogen and oxygen atoms in total. The summed E-state index contributed by atoms with van der Waals surface area (Å²) in [7, 11) is 0. The van der Waals surface area contributed by atoms with Gasteiger partial charge in [-0.2, -0.15) is 0 Å². The van der Waals surface area contributed by atoms with Gasteiger partial charge in [-0.1, -0.05) is 5.01 Å². The van der Waals surface area contributed by atoms with Crippen molar-refractivity contribution in [1.82, 2.24) is 5.01 Å². The van der Waals surface area contributed by atoms with Gasteiger partial charge in [-0.3, -0.25) is 0 Å². The Balaban J connectivity index is 2.48. The minimum absolute atomic E-state index is 0.0347. The number of rotatable bonds is 1. The molecule has 0 fully saturated rings. The van der Waals surface area contributed by atoms with E-state index in [1.54, 1.807) is 0 Å². The highest BCUT2D eigenvalue weighted by atomic mass is 16.7. The van der Waals surface area contributed by atoms with Crippen molar-refractivity contribution in [2.24, 2.45) is 0 Å². The van der Waals surface area contributed by atoms with E-state index >= 15 is 0 Å². The van der Waals surface area contributed by atoms with Crippen LogP contribution in [0.15, 0.2) is 6.26 Å². The summed E-state index contributed by atoms with van der Waals surface area (Å²) in [5.74, 6) is 0. The van der Waals surface area contributed by atoms with Crippen LogP contribution >= 0.6 is 0 Å². The summed E-state index contributed by atoms with van der Waals surface area (Å²) in [6.45, 7) is -0.0347.